The van der Waals surface area contributed by atoms with Crippen molar-refractivity contribution in [3.63, 3.8) is 0 Å². The zero-order chi connectivity index (χ0) is 14.8. The van der Waals surface area contributed by atoms with Crippen LogP contribution in [0.2, 0.25) is 0 Å². The molecule has 1 aliphatic heterocycles. The number of hydrogen-bond acceptors (Lipinski definition) is 4. The lowest BCUT2D eigenvalue weighted by molar-refractivity contribution is 0.578. The molecule has 0 bridgehead atoms. The van der Waals surface area contributed by atoms with Crippen LogP contribution in [0.15, 0.2) is 23.1 Å². The maximum absolute atomic E-state index is 12.2. The fraction of sp³-hybridized carbons (Fsp3) is 0.538. The Balaban J connectivity index is 2.02. The van der Waals surface area contributed by atoms with E-state index in [4.69, 9.17) is 0 Å². The summed E-state index contributed by atoms with van der Waals surface area (Å²) in [6.45, 7) is 3.00. The molecule has 1 aliphatic rings. The molecule has 2 unspecified atom stereocenters. The van der Waals surface area contributed by atoms with Crippen molar-refractivity contribution in [1.29, 1.82) is 0 Å². The lowest BCUT2D eigenvalue weighted by Gasteiger charge is -2.11. The summed E-state index contributed by atoms with van der Waals surface area (Å²) in [5.74, 6) is 0. The molecule has 1 aromatic carbocycles. The molecule has 20 heavy (non-hydrogen) atoms. The molecule has 5 nitrogen and oxygen atoms in total. The highest BCUT2D eigenvalue weighted by atomic mass is 32.2. The molecule has 2 atom stereocenters. The van der Waals surface area contributed by atoms with Gasteiger partial charge in [0.1, 0.15) is 0 Å². The normalized spacial score (nSPS) is 17.3. The molecule has 0 aliphatic carbocycles. The number of anilines is 1. The first-order valence-electron chi connectivity index (χ1n) is 6.59. The van der Waals surface area contributed by atoms with Crippen molar-refractivity contribution in [1.82, 2.24) is 4.72 Å². The first kappa shape index (κ1) is 15.5. The van der Waals surface area contributed by atoms with Crippen molar-refractivity contribution in [2.45, 2.75) is 29.9 Å². The third kappa shape index (κ3) is 3.59. The van der Waals surface area contributed by atoms with Gasteiger partial charge in [0.2, 0.25) is 10.0 Å². The standard InChI is InChI=1S/C13H20N2O3S2/c1-10(19(2)16)5-8-15-20(17,18)12-4-3-11-6-7-14-13(11)9-12/h3-4,9-10,14-15H,5-8H2,1-2H3. The number of rotatable bonds is 6. The van der Waals surface area contributed by atoms with E-state index in [1.807, 2.05) is 13.0 Å². The molecule has 0 fully saturated rings. The van der Waals surface area contributed by atoms with Gasteiger partial charge in [-0.3, -0.25) is 4.21 Å². The number of fused-ring (bicyclic) bond motifs is 1. The van der Waals surface area contributed by atoms with Crippen LogP contribution in [0.4, 0.5) is 5.69 Å². The average Bonchev–Trinajstić information content (AvgIpc) is 2.85. The largest absolute Gasteiger partial charge is 0.384 e. The second-order valence-corrected chi connectivity index (χ2v) is 8.56. The SMILES string of the molecule is CC(CCNS(=O)(=O)c1ccc2c(c1)NCC2)S(C)=O. The minimum absolute atomic E-state index is 0.0145. The van der Waals surface area contributed by atoms with Crippen LogP contribution in [0.5, 0.6) is 0 Å². The van der Waals surface area contributed by atoms with Gasteiger partial charge in [-0.05, 0) is 30.5 Å². The topological polar surface area (TPSA) is 75.3 Å². The Morgan fingerprint density at radius 1 is 1.45 bits per heavy atom. The second kappa shape index (κ2) is 6.24. The Morgan fingerprint density at radius 2 is 2.20 bits per heavy atom. The van der Waals surface area contributed by atoms with Crippen LogP contribution < -0.4 is 10.0 Å². The van der Waals surface area contributed by atoms with E-state index in [1.54, 1.807) is 18.4 Å². The van der Waals surface area contributed by atoms with E-state index < -0.39 is 20.8 Å². The minimum Gasteiger partial charge on any atom is -0.384 e. The average molecular weight is 316 g/mol. The Bertz CT molecular complexity index is 614. The lowest BCUT2D eigenvalue weighted by Crippen LogP contribution is -2.27. The molecule has 2 N–H and O–H groups in total. The zero-order valence-electron chi connectivity index (χ0n) is 11.7. The van der Waals surface area contributed by atoms with Crippen molar-refractivity contribution in [3.8, 4) is 0 Å². The number of hydrogen-bond donors (Lipinski definition) is 2. The van der Waals surface area contributed by atoms with Crippen LogP contribution in [0, 0.1) is 0 Å². The number of benzene rings is 1. The molecular formula is C13H20N2O3S2. The summed E-state index contributed by atoms with van der Waals surface area (Å²) in [6, 6.07) is 5.16. The lowest BCUT2D eigenvalue weighted by atomic mass is 10.2. The fourth-order valence-corrected chi connectivity index (χ4v) is 3.61. The smallest absolute Gasteiger partial charge is 0.240 e. The molecule has 0 amide bonds. The minimum atomic E-state index is -3.49. The molecule has 7 heteroatoms. The molecule has 0 saturated carbocycles. The van der Waals surface area contributed by atoms with Crippen LogP contribution in [0.3, 0.4) is 0 Å². The van der Waals surface area contributed by atoms with Crippen LogP contribution in [0.1, 0.15) is 18.9 Å². The van der Waals surface area contributed by atoms with E-state index in [-0.39, 0.29) is 10.1 Å². The summed E-state index contributed by atoms with van der Waals surface area (Å²) in [5.41, 5.74) is 2.05. The quantitative estimate of drug-likeness (QED) is 0.824. The summed E-state index contributed by atoms with van der Waals surface area (Å²) in [7, 11) is -4.42. The van der Waals surface area contributed by atoms with Gasteiger partial charge in [0.05, 0.1) is 4.90 Å². The summed E-state index contributed by atoms with van der Waals surface area (Å²) in [5, 5.41) is 3.15. The van der Waals surface area contributed by atoms with Gasteiger partial charge in [0, 0.05) is 41.1 Å². The second-order valence-electron chi connectivity index (χ2n) is 4.99. The van der Waals surface area contributed by atoms with Crippen LogP contribution in [-0.2, 0) is 27.2 Å². The van der Waals surface area contributed by atoms with Crippen LogP contribution >= 0.6 is 0 Å². The fourth-order valence-electron chi connectivity index (χ4n) is 2.08. The highest BCUT2D eigenvalue weighted by molar-refractivity contribution is 7.89. The molecule has 112 valence electrons. The van der Waals surface area contributed by atoms with E-state index in [1.165, 1.54) is 0 Å². The highest BCUT2D eigenvalue weighted by Gasteiger charge is 2.18. The highest BCUT2D eigenvalue weighted by Crippen LogP contribution is 2.25. The van der Waals surface area contributed by atoms with Gasteiger partial charge in [-0.25, -0.2) is 13.1 Å². The van der Waals surface area contributed by atoms with Crippen molar-refractivity contribution in [3.05, 3.63) is 23.8 Å². The monoisotopic (exact) mass is 316 g/mol. The predicted octanol–water partition coefficient (Wildman–Crippen LogP) is 1.09. The van der Waals surface area contributed by atoms with E-state index in [0.717, 1.165) is 24.2 Å². The van der Waals surface area contributed by atoms with Crippen molar-refractivity contribution >= 4 is 26.5 Å². The summed E-state index contributed by atoms with van der Waals surface area (Å²) >= 11 is 0. The van der Waals surface area contributed by atoms with Crippen molar-refractivity contribution < 1.29 is 12.6 Å². The molecule has 0 aromatic heterocycles. The third-order valence-electron chi connectivity index (χ3n) is 3.51. The molecule has 0 saturated heterocycles. The molecular weight excluding hydrogens is 296 g/mol. The van der Waals surface area contributed by atoms with Crippen LogP contribution in [0.25, 0.3) is 0 Å². The van der Waals surface area contributed by atoms with E-state index in [2.05, 4.69) is 10.0 Å². The predicted molar refractivity (Wildman–Crippen MR) is 82.0 cm³/mol. The van der Waals surface area contributed by atoms with Crippen LogP contribution in [-0.4, -0.2) is 37.2 Å². The van der Waals surface area contributed by atoms with Gasteiger partial charge in [0.15, 0.2) is 0 Å². The van der Waals surface area contributed by atoms with E-state index in [0.29, 0.717) is 13.0 Å². The van der Waals surface area contributed by atoms with Gasteiger partial charge in [0.25, 0.3) is 0 Å². The Labute approximate surface area is 122 Å². The third-order valence-corrected chi connectivity index (χ3v) is 6.34. The first-order chi connectivity index (χ1) is 9.40. The molecule has 2 rings (SSSR count). The van der Waals surface area contributed by atoms with Gasteiger partial charge < -0.3 is 5.32 Å². The molecule has 1 aromatic rings. The maximum Gasteiger partial charge on any atom is 0.240 e. The van der Waals surface area contributed by atoms with E-state index >= 15 is 0 Å². The van der Waals surface area contributed by atoms with Gasteiger partial charge in [-0.2, -0.15) is 0 Å². The van der Waals surface area contributed by atoms with E-state index in [9.17, 15) is 12.6 Å². The van der Waals surface area contributed by atoms with Crippen molar-refractivity contribution in [2.75, 3.05) is 24.7 Å². The first-order valence-corrected chi connectivity index (χ1v) is 9.69. The molecule has 0 spiro atoms. The Kier molecular flexibility index (Phi) is 4.82. The Hall–Kier alpha value is -0.920. The Morgan fingerprint density at radius 3 is 2.90 bits per heavy atom. The van der Waals surface area contributed by atoms with Gasteiger partial charge in [-0.15, -0.1) is 0 Å². The summed E-state index contributed by atoms with van der Waals surface area (Å²) in [4.78, 5) is 0.274. The zero-order valence-corrected chi connectivity index (χ0v) is 13.3. The van der Waals surface area contributed by atoms with Crippen molar-refractivity contribution in [2.24, 2.45) is 0 Å². The van der Waals surface area contributed by atoms with Gasteiger partial charge in [-0.1, -0.05) is 13.0 Å². The summed E-state index contributed by atoms with van der Waals surface area (Å²) in [6.07, 6.45) is 3.12. The number of nitrogens with one attached hydrogen (secondary N) is 2. The number of sulfonamides is 1. The molecule has 1 heterocycles. The maximum atomic E-state index is 12.2. The molecule has 0 radical (unpaired) electrons. The summed E-state index contributed by atoms with van der Waals surface area (Å²) < 4.78 is 38.1. The van der Waals surface area contributed by atoms with Gasteiger partial charge >= 0.3 is 0 Å².